The Bertz CT molecular complexity index is 1210. The molecule has 3 aromatic rings. The maximum atomic E-state index is 12.9. The molecule has 2 aliphatic heterocycles. The van der Waals surface area contributed by atoms with Crippen molar-refractivity contribution in [3.63, 3.8) is 0 Å². The van der Waals surface area contributed by atoms with Crippen molar-refractivity contribution < 1.29 is 4.21 Å². The molecule has 33 heavy (non-hydrogen) atoms. The van der Waals surface area contributed by atoms with Gasteiger partial charge in [-0.3, -0.25) is 0 Å². The summed E-state index contributed by atoms with van der Waals surface area (Å²) < 4.78 is 19.2. The molecule has 2 aliphatic rings. The van der Waals surface area contributed by atoms with Gasteiger partial charge in [0.15, 0.2) is 11.2 Å². The number of imidazole rings is 1. The van der Waals surface area contributed by atoms with Crippen molar-refractivity contribution >= 4 is 39.3 Å². The van der Waals surface area contributed by atoms with Gasteiger partial charge in [0.2, 0.25) is 0 Å². The quantitative estimate of drug-likeness (QED) is 0.568. The van der Waals surface area contributed by atoms with E-state index in [4.69, 9.17) is 0 Å². The second-order valence-electron chi connectivity index (χ2n) is 9.03. The molecule has 8 heteroatoms. The molecule has 0 N–H and O–H groups in total. The van der Waals surface area contributed by atoms with E-state index in [-0.39, 0.29) is 0 Å². The third kappa shape index (κ3) is 4.47. The zero-order chi connectivity index (χ0) is 22.9. The molecule has 1 unspecified atom stereocenters. The Balaban J connectivity index is 1.30. The molecule has 7 nitrogen and oxygen atoms in total. The average molecular weight is 465 g/mol. The minimum atomic E-state index is -1.01. The SMILES string of the molecule is Cc1cc(C2=CCN(S(=O)N3CCCCC3)CC2)ccc1N(C)c1cc2c(cn1)ncn2C. The lowest BCUT2D eigenvalue weighted by atomic mass is 9.98. The van der Waals surface area contributed by atoms with Crippen LogP contribution in [0.15, 0.2) is 42.9 Å². The van der Waals surface area contributed by atoms with Crippen LogP contribution in [0.1, 0.15) is 36.8 Å². The van der Waals surface area contributed by atoms with Gasteiger partial charge < -0.3 is 9.47 Å². The maximum absolute atomic E-state index is 12.9. The fourth-order valence-corrected chi connectivity index (χ4v) is 6.14. The predicted octanol–water partition coefficient (Wildman–Crippen LogP) is 4.20. The first-order valence-corrected chi connectivity index (χ1v) is 12.8. The third-order valence-corrected chi connectivity index (χ3v) is 8.38. The number of aryl methyl sites for hydroxylation is 2. The van der Waals surface area contributed by atoms with E-state index in [2.05, 4.69) is 67.8 Å². The van der Waals surface area contributed by atoms with Gasteiger partial charge in [-0.05, 0) is 55.0 Å². The number of hydrogen-bond acceptors (Lipinski definition) is 4. The molecule has 1 atom stereocenters. The van der Waals surface area contributed by atoms with E-state index in [1.165, 1.54) is 23.1 Å². The van der Waals surface area contributed by atoms with E-state index in [0.717, 1.165) is 68.0 Å². The molecule has 5 rings (SSSR count). The first-order valence-electron chi connectivity index (χ1n) is 11.7. The van der Waals surface area contributed by atoms with Crippen LogP contribution in [-0.4, -0.2) is 60.6 Å². The van der Waals surface area contributed by atoms with Crippen LogP contribution in [0.5, 0.6) is 0 Å². The summed E-state index contributed by atoms with van der Waals surface area (Å²) in [5.41, 5.74) is 6.91. The molecule has 1 fully saturated rings. The van der Waals surface area contributed by atoms with Crippen LogP contribution >= 0.6 is 0 Å². The van der Waals surface area contributed by atoms with Crippen molar-refractivity contribution in [2.24, 2.45) is 7.05 Å². The summed E-state index contributed by atoms with van der Waals surface area (Å²) in [6.45, 7) is 5.64. The highest BCUT2D eigenvalue weighted by molar-refractivity contribution is 7.80. The van der Waals surface area contributed by atoms with Gasteiger partial charge in [-0.15, -0.1) is 0 Å². The van der Waals surface area contributed by atoms with E-state index in [9.17, 15) is 4.21 Å². The lowest BCUT2D eigenvalue weighted by molar-refractivity contribution is 0.337. The standard InChI is InChI=1S/C25H32N6OS/c1-19-15-21(20-9-13-31(14-10-20)33(32)30-11-5-4-6-12-30)7-8-23(19)29(3)25-16-24-22(17-26-25)27-18-28(24)2/h7-9,15-18H,4-6,10-14H2,1-3H3. The molecule has 0 amide bonds. The molecule has 1 aromatic carbocycles. The second kappa shape index (κ2) is 9.37. The monoisotopic (exact) mass is 464 g/mol. The molecular weight excluding hydrogens is 432 g/mol. The van der Waals surface area contributed by atoms with E-state index in [1.807, 2.05) is 24.1 Å². The molecule has 0 saturated carbocycles. The van der Waals surface area contributed by atoms with E-state index in [0.29, 0.717) is 0 Å². The summed E-state index contributed by atoms with van der Waals surface area (Å²) >= 11 is -1.01. The smallest absolute Gasteiger partial charge is 0.172 e. The highest BCUT2D eigenvalue weighted by atomic mass is 32.2. The number of rotatable bonds is 5. The van der Waals surface area contributed by atoms with Crippen LogP contribution in [0.2, 0.25) is 0 Å². The number of aromatic nitrogens is 3. The van der Waals surface area contributed by atoms with Gasteiger partial charge in [0.1, 0.15) is 11.3 Å². The maximum Gasteiger partial charge on any atom is 0.172 e. The fourth-order valence-electron chi connectivity index (χ4n) is 4.80. The van der Waals surface area contributed by atoms with Crippen molar-refractivity contribution in [2.75, 3.05) is 38.1 Å². The zero-order valence-electron chi connectivity index (χ0n) is 19.7. The first-order chi connectivity index (χ1) is 16.0. The van der Waals surface area contributed by atoms with E-state index >= 15 is 0 Å². The van der Waals surface area contributed by atoms with Crippen LogP contribution < -0.4 is 4.90 Å². The Morgan fingerprint density at radius 2 is 1.85 bits per heavy atom. The van der Waals surface area contributed by atoms with Crippen LogP contribution in [0, 0.1) is 6.92 Å². The van der Waals surface area contributed by atoms with Crippen LogP contribution in [0.4, 0.5) is 11.5 Å². The van der Waals surface area contributed by atoms with Gasteiger partial charge in [0.05, 0.1) is 18.0 Å². The Morgan fingerprint density at radius 3 is 2.58 bits per heavy atom. The van der Waals surface area contributed by atoms with Gasteiger partial charge in [-0.1, -0.05) is 18.6 Å². The lowest BCUT2D eigenvalue weighted by Gasteiger charge is -2.32. The number of benzene rings is 1. The second-order valence-corrected chi connectivity index (χ2v) is 10.5. The number of pyridine rings is 1. The number of fused-ring (bicyclic) bond motifs is 1. The van der Waals surface area contributed by atoms with Gasteiger partial charge in [0.25, 0.3) is 0 Å². The topological polar surface area (TPSA) is 57.5 Å². The predicted molar refractivity (Wildman–Crippen MR) is 135 cm³/mol. The Labute approximate surface area is 198 Å². The average Bonchev–Trinajstić information content (AvgIpc) is 3.23. The van der Waals surface area contributed by atoms with Crippen molar-refractivity contribution in [3.8, 4) is 0 Å². The Kier molecular flexibility index (Phi) is 6.32. The fraction of sp³-hybridized carbons (Fsp3) is 0.440. The molecule has 0 spiro atoms. The van der Waals surface area contributed by atoms with Crippen LogP contribution in [-0.2, 0) is 18.2 Å². The molecule has 0 bridgehead atoms. The van der Waals surface area contributed by atoms with Gasteiger partial charge in [-0.2, -0.15) is 0 Å². The third-order valence-electron chi connectivity index (χ3n) is 6.80. The van der Waals surface area contributed by atoms with Crippen molar-refractivity contribution in [1.29, 1.82) is 0 Å². The van der Waals surface area contributed by atoms with Crippen LogP contribution in [0.3, 0.4) is 0 Å². The van der Waals surface area contributed by atoms with Gasteiger partial charge in [0, 0.05) is 52.0 Å². The van der Waals surface area contributed by atoms with Crippen LogP contribution in [0.25, 0.3) is 16.6 Å². The molecule has 1 saturated heterocycles. The molecule has 0 aliphatic carbocycles. The number of anilines is 2. The minimum Gasteiger partial charge on any atom is -0.334 e. The molecule has 174 valence electrons. The van der Waals surface area contributed by atoms with Gasteiger partial charge >= 0.3 is 0 Å². The summed E-state index contributed by atoms with van der Waals surface area (Å²) in [4.78, 5) is 11.1. The number of piperidine rings is 1. The molecule has 4 heterocycles. The minimum absolute atomic E-state index is 0.744. The van der Waals surface area contributed by atoms with Crippen molar-refractivity contribution in [1.82, 2.24) is 23.1 Å². The number of nitrogens with zero attached hydrogens (tertiary/aromatic N) is 6. The van der Waals surface area contributed by atoms with E-state index in [1.54, 1.807) is 0 Å². The first kappa shape index (κ1) is 22.3. The zero-order valence-corrected chi connectivity index (χ0v) is 20.5. The van der Waals surface area contributed by atoms with E-state index < -0.39 is 11.2 Å². The summed E-state index contributed by atoms with van der Waals surface area (Å²) in [5, 5.41) is 0. The highest BCUT2D eigenvalue weighted by Gasteiger charge is 2.24. The summed E-state index contributed by atoms with van der Waals surface area (Å²) in [7, 11) is 4.06. The summed E-state index contributed by atoms with van der Waals surface area (Å²) in [5.74, 6) is 0.898. The van der Waals surface area contributed by atoms with Crippen molar-refractivity contribution in [2.45, 2.75) is 32.6 Å². The highest BCUT2D eigenvalue weighted by Crippen LogP contribution is 2.31. The Morgan fingerprint density at radius 1 is 1.03 bits per heavy atom. The molecule has 2 aromatic heterocycles. The van der Waals surface area contributed by atoms with Crippen molar-refractivity contribution in [3.05, 3.63) is 54.0 Å². The summed E-state index contributed by atoms with van der Waals surface area (Å²) in [6.07, 6.45) is 10.4. The molecule has 0 radical (unpaired) electrons. The normalized spacial score (nSPS) is 18.9. The summed E-state index contributed by atoms with van der Waals surface area (Å²) in [6, 6.07) is 8.72. The largest absolute Gasteiger partial charge is 0.334 e. The lowest BCUT2D eigenvalue weighted by Crippen LogP contribution is -2.42. The molecular formula is C25H32N6OS. The Hall–Kier alpha value is -2.55. The number of hydrogen-bond donors (Lipinski definition) is 0. The van der Waals surface area contributed by atoms with Gasteiger partial charge in [-0.25, -0.2) is 22.8 Å².